The van der Waals surface area contributed by atoms with E-state index in [4.69, 9.17) is 4.52 Å². The molecule has 0 aliphatic carbocycles. The Morgan fingerprint density at radius 1 is 1.37 bits per heavy atom. The van der Waals surface area contributed by atoms with Gasteiger partial charge < -0.3 is 9.84 Å². The van der Waals surface area contributed by atoms with Gasteiger partial charge in [0, 0.05) is 17.0 Å². The molecule has 1 heterocycles. The molecule has 0 saturated carbocycles. The summed E-state index contributed by atoms with van der Waals surface area (Å²) in [5, 5.41) is 6.40. The third-order valence-electron chi connectivity index (χ3n) is 2.88. The molecule has 0 unspecified atom stereocenters. The van der Waals surface area contributed by atoms with Crippen LogP contribution in [0.5, 0.6) is 0 Å². The Balaban J connectivity index is 1.83. The molecule has 2 rings (SSSR count). The lowest BCUT2D eigenvalue weighted by atomic mass is 9.97. The van der Waals surface area contributed by atoms with Gasteiger partial charge >= 0.3 is 0 Å². The molecule has 0 bridgehead atoms. The summed E-state index contributed by atoms with van der Waals surface area (Å²) in [6.07, 6.45) is 2.02. The molecule has 1 atom stereocenters. The molecule has 1 amide bonds. The first-order valence-corrected chi connectivity index (χ1v) is 6.86. The molecule has 19 heavy (non-hydrogen) atoms. The maximum atomic E-state index is 11.8. The van der Waals surface area contributed by atoms with E-state index in [2.05, 4.69) is 26.4 Å². The number of hydrogen-bond acceptors (Lipinski definition) is 3. The molecule has 4 nitrogen and oxygen atoms in total. The summed E-state index contributed by atoms with van der Waals surface area (Å²) in [5.41, 5.74) is 1.15. The fraction of sp³-hybridized carbons (Fsp3) is 0.286. The van der Waals surface area contributed by atoms with Crippen molar-refractivity contribution in [2.75, 3.05) is 0 Å². The SMILES string of the molecule is C[C@@H](CC(=O)NCc1ccno1)c1ccc(Br)cc1. The zero-order valence-corrected chi connectivity index (χ0v) is 12.2. The molecule has 1 aromatic heterocycles. The second kappa shape index (κ2) is 6.52. The van der Waals surface area contributed by atoms with E-state index in [0.717, 1.165) is 10.0 Å². The number of amides is 1. The Bertz CT molecular complexity index is 523. The largest absolute Gasteiger partial charge is 0.360 e. The van der Waals surface area contributed by atoms with Crippen LogP contribution in [-0.2, 0) is 11.3 Å². The van der Waals surface area contributed by atoms with Crippen LogP contribution in [0.3, 0.4) is 0 Å². The van der Waals surface area contributed by atoms with Gasteiger partial charge in [-0.15, -0.1) is 0 Å². The molecule has 100 valence electrons. The average Bonchev–Trinajstić information content (AvgIpc) is 2.90. The van der Waals surface area contributed by atoms with Crippen LogP contribution in [0.4, 0.5) is 0 Å². The average molecular weight is 323 g/mol. The third-order valence-corrected chi connectivity index (χ3v) is 3.41. The van der Waals surface area contributed by atoms with Crippen LogP contribution < -0.4 is 5.32 Å². The predicted octanol–water partition coefficient (Wildman–Crippen LogP) is 3.25. The summed E-state index contributed by atoms with van der Waals surface area (Å²) in [6, 6.07) is 9.76. The van der Waals surface area contributed by atoms with Gasteiger partial charge in [0.2, 0.25) is 5.91 Å². The van der Waals surface area contributed by atoms with Gasteiger partial charge in [0.15, 0.2) is 5.76 Å². The van der Waals surface area contributed by atoms with Crippen molar-refractivity contribution in [3.8, 4) is 0 Å². The fourth-order valence-electron chi connectivity index (χ4n) is 1.78. The maximum absolute atomic E-state index is 11.8. The van der Waals surface area contributed by atoms with E-state index in [1.54, 1.807) is 12.3 Å². The minimum Gasteiger partial charge on any atom is -0.360 e. The first-order chi connectivity index (χ1) is 9.15. The van der Waals surface area contributed by atoms with Crippen molar-refractivity contribution >= 4 is 21.8 Å². The standard InChI is InChI=1S/C14H15BrN2O2/c1-10(11-2-4-12(15)5-3-11)8-14(18)16-9-13-6-7-17-19-13/h2-7,10H,8-9H2,1H3,(H,16,18)/t10-/m0/s1. The van der Waals surface area contributed by atoms with Gasteiger partial charge in [-0.2, -0.15) is 0 Å². The molecular weight excluding hydrogens is 308 g/mol. The molecule has 0 saturated heterocycles. The molecule has 0 aliphatic heterocycles. The Morgan fingerprint density at radius 3 is 2.74 bits per heavy atom. The topological polar surface area (TPSA) is 55.1 Å². The summed E-state index contributed by atoms with van der Waals surface area (Å²) in [5.74, 6) is 0.847. The second-order valence-corrected chi connectivity index (χ2v) is 5.33. The highest BCUT2D eigenvalue weighted by atomic mass is 79.9. The second-order valence-electron chi connectivity index (χ2n) is 4.41. The highest BCUT2D eigenvalue weighted by Crippen LogP contribution is 2.21. The molecule has 1 N–H and O–H groups in total. The number of halogens is 1. The Kier molecular flexibility index (Phi) is 4.74. The van der Waals surface area contributed by atoms with Gasteiger partial charge in [0.1, 0.15) is 0 Å². The summed E-state index contributed by atoms with van der Waals surface area (Å²) in [4.78, 5) is 11.8. The summed E-state index contributed by atoms with van der Waals surface area (Å²) >= 11 is 3.40. The van der Waals surface area contributed by atoms with Gasteiger partial charge in [0.05, 0.1) is 12.7 Å². The van der Waals surface area contributed by atoms with Crippen molar-refractivity contribution in [2.24, 2.45) is 0 Å². The summed E-state index contributed by atoms with van der Waals surface area (Å²) < 4.78 is 5.96. The van der Waals surface area contributed by atoms with Gasteiger partial charge in [-0.05, 0) is 23.6 Å². The lowest BCUT2D eigenvalue weighted by Crippen LogP contribution is -2.23. The fourth-order valence-corrected chi connectivity index (χ4v) is 2.04. The number of carbonyl (C=O) groups is 1. The van der Waals surface area contributed by atoms with Crippen molar-refractivity contribution in [1.82, 2.24) is 10.5 Å². The van der Waals surface area contributed by atoms with Crippen LogP contribution in [0.25, 0.3) is 0 Å². The molecule has 2 aromatic rings. The van der Waals surface area contributed by atoms with E-state index in [1.807, 2.05) is 31.2 Å². The van der Waals surface area contributed by atoms with Gasteiger partial charge in [0.25, 0.3) is 0 Å². The van der Waals surface area contributed by atoms with Crippen LogP contribution in [0.15, 0.2) is 45.5 Å². The van der Waals surface area contributed by atoms with Crippen LogP contribution >= 0.6 is 15.9 Å². The third kappa shape index (κ3) is 4.21. The molecule has 5 heteroatoms. The predicted molar refractivity (Wildman–Crippen MR) is 75.5 cm³/mol. The first kappa shape index (κ1) is 13.8. The normalized spacial score (nSPS) is 12.1. The van der Waals surface area contributed by atoms with E-state index in [0.29, 0.717) is 18.7 Å². The maximum Gasteiger partial charge on any atom is 0.220 e. The number of benzene rings is 1. The smallest absolute Gasteiger partial charge is 0.220 e. The van der Waals surface area contributed by atoms with E-state index in [9.17, 15) is 4.79 Å². The van der Waals surface area contributed by atoms with Crippen LogP contribution in [0.2, 0.25) is 0 Å². The minimum absolute atomic E-state index is 0.00631. The highest BCUT2D eigenvalue weighted by Gasteiger charge is 2.11. The van der Waals surface area contributed by atoms with E-state index >= 15 is 0 Å². The number of carbonyl (C=O) groups excluding carboxylic acids is 1. The molecular formula is C14H15BrN2O2. The van der Waals surface area contributed by atoms with Crippen LogP contribution in [-0.4, -0.2) is 11.1 Å². The van der Waals surface area contributed by atoms with Crippen molar-refractivity contribution in [3.63, 3.8) is 0 Å². The summed E-state index contributed by atoms with van der Waals surface area (Å²) in [6.45, 7) is 2.42. The first-order valence-electron chi connectivity index (χ1n) is 6.07. The monoisotopic (exact) mass is 322 g/mol. The Morgan fingerprint density at radius 2 is 2.11 bits per heavy atom. The molecule has 0 radical (unpaired) electrons. The molecule has 0 aliphatic rings. The Hall–Kier alpha value is -1.62. The summed E-state index contributed by atoms with van der Waals surface area (Å²) in [7, 11) is 0. The lowest BCUT2D eigenvalue weighted by Gasteiger charge is -2.11. The number of nitrogens with one attached hydrogen (secondary N) is 1. The molecule has 0 spiro atoms. The van der Waals surface area contributed by atoms with Crippen molar-refractivity contribution in [3.05, 3.63) is 52.3 Å². The van der Waals surface area contributed by atoms with Gasteiger partial charge in [-0.25, -0.2) is 0 Å². The van der Waals surface area contributed by atoms with Crippen LogP contribution in [0.1, 0.15) is 30.6 Å². The zero-order valence-electron chi connectivity index (χ0n) is 10.6. The van der Waals surface area contributed by atoms with Gasteiger partial charge in [-0.1, -0.05) is 40.1 Å². The number of rotatable bonds is 5. The number of hydrogen-bond donors (Lipinski definition) is 1. The van der Waals surface area contributed by atoms with E-state index in [-0.39, 0.29) is 11.8 Å². The molecule has 1 aromatic carbocycles. The van der Waals surface area contributed by atoms with Crippen LogP contribution in [0, 0.1) is 0 Å². The quantitative estimate of drug-likeness (QED) is 0.919. The highest BCUT2D eigenvalue weighted by molar-refractivity contribution is 9.10. The van der Waals surface area contributed by atoms with Crippen molar-refractivity contribution in [2.45, 2.75) is 25.8 Å². The minimum atomic E-state index is 0.00631. The van der Waals surface area contributed by atoms with Crippen molar-refractivity contribution in [1.29, 1.82) is 0 Å². The van der Waals surface area contributed by atoms with E-state index < -0.39 is 0 Å². The number of aromatic nitrogens is 1. The van der Waals surface area contributed by atoms with Gasteiger partial charge in [-0.3, -0.25) is 4.79 Å². The Labute approximate surface area is 120 Å². The van der Waals surface area contributed by atoms with Crippen molar-refractivity contribution < 1.29 is 9.32 Å². The molecule has 0 fully saturated rings. The van der Waals surface area contributed by atoms with E-state index in [1.165, 1.54) is 0 Å². The number of nitrogens with zero attached hydrogens (tertiary/aromatic N) is 1. The zero-order chi connectivity index (χ0) is 13.7. The lowest BCUT2D eigenvalue weighted by molar-refractivity contribution is -0.121.